The third-order valence-corrected chi connectivity index (χ3v) is 11.0. The Morgan fingerprint density at radius 3 is 2.68 bits per heavy atom. The molecule has 0 saturated heterocycles. The minimum atomic E-state index is -0.0620. The van der Waals surface area contributed by atoms with Crippen LogP contribution < -0.4 is 3.98 Å². The first kappa shape index (κ1) is 19.3. The van der Waals surface area contributed by atoms with Gasteiger partial charge in [0, 0.05) is 16.5 Å². The van der Waals surface area contributed by atoms with Gasteiger partial charge in [0.25, 0.3) is 0 Å². The van der Waals surface area contributed by atoms with Crippen LogP contribution in [0.3, 0.4) is 0 Å². The van der Waals surface area contributed by atoms with Crippen molar-refractivity contribution in [2.24, 2.45) is 44.7 Å². The highest BCUT2D eigenvalue weighted by molar-refractivity contribution is 7.27. The monoisotopic (exact) mass is 420 g/mol. The number of hydrogen-bond donors (Lipinski definition) is 2. The second kappa shape index (κ2) is 6.92. The zero-order valence-electron chi connectivity index (χ0n) is 16.9. The van der Waals surface area contributed by atoms with Gasteiger partial charge in [0.2, 0.25) is 0 Å². The van der Waals surface area contributed by atoms with E-state index in [1.807, 2.05) is 0 Å². The molecule has 0 unspecified atom stereocenters. The highest BCUT2D eigenvalue weighted by Crippen LogP contribution is 2.65. The molecule has 6 heteroatoms. The Morgan fingerprint density at radius 2 is 1.89 bits per heavy atom. The SMILES string of the molecule is C[C@]12CC[C@H](O)C[C@@H]1CC[C@@H]1[C@@H]2CC[C@]2(C)/C(=N/N=c3\scc(O)s3)CC[C@@H]12. The van der Waals surface area contributed by atoms with Crippen LogP contribution in [0.15, 0.2) is 15.6 Å². The lowest BCUT2D eigenvalue weighted by Gasteiger charge is -2.60. The van der Waals surface area contributed by atoms with Gasteiger partial charge >= 0.3 is 0 Å². The molecule has 4 fully saturated rings. The smallest absolute Gasteiger partial charge is 0.196 e. The molecule has 0 bridgehead atoms. The van der Waals surface area contributed by atoms with E-state index in [9.17, 15) is 10.2 Å². The molecule has 4 aliphatic carbocycles. The van der Waals surface area contributed by atoms with Crippen LogP contribution in [-0.2, 0) is 0 Å². The fourth-order valence-corrected chi connectivity index (χ4v) is 9.05. The summed E-state index contributed by atoms with van der Waals surface area (Å²) in [7, 11) is 0. The van der Waals surface area contributed by atoms with Crippen LogP contribution in [-0.4, -0.2) is 22.0 Å². The van der Waals surface area contributed by atoms with Gasteiger partial charge in [-0.2, -0.15) is 5.10 Å². The first-order chi connectivity index (χ1) is 13.4. The molecule has 2 N–H and O–H groups in total. The van der Waals surface area contributed by atoms with Gasteiger partial charge in [0.15, 0.2) is 9.05 Å². The van der Waals surface area contributed by atoms with Crippen molar-refractivity contribution < 1.29 is 10.2 Å². The van der Waals surface area contributed by atoms with Crippen LogP contribution in [0, 0.1) is 34.5 Å². The lowest BCUT2D eigenvalue weighted by Crippen LogP contribution is -2.54. The van der Waals surface area contributed by atoms with Gasteiger partial charge in [-0.15, -0.1) is 16.4 Å². The third-order valence-electron chi connectivity index (χ3n) is 9.08. The van der Waals surface area contributed by atoms with Gasteiger partial charge < -0.3 is 10.2 Å². The number of aliphatic hydroxyl groups is 1. The molecular formula is C22H32N2O2S2. The number of aromatic hydroxyl groups is 1. The van der Waals surface area contributed by atoms with Crippen LogP contribution in [0.1, 0.15) is 71.6 Å². The maximum absolute atomic E-state index is 10.2. The van der Waals surface area contributed by atoms with Crippen molar-refractivity contribution in [3.8, 4) is 5.06 Å². The summed E-state index contributed by atoms with van der Waals surface area (Å²) in [6, 6.07) is 0. The highest BCUT2D eigenvalue weighted by Gasteiger charge is 2.59. The number of rotatable bonds is 1. The van der Waals surface area contributed by atoms with E-state index in [1.54, 1.807) is 5.38 Å². The second-order valence-electron chi connectivity index (χ2n) is 10.2. The van der Waals surface area contributed by atoms with Crippen LogP contribution in [0.2, 0.25) is 0 Å². The quantitative estimate of drug-likeness (QED) is 0.615. The Labute approximate surface area is 175 Å². The predicted octanol–water partition coefficient (Wildman–Crippen LogP) is 5.18. The van der Waals surface area contributed by atoms with E-state index < -0.39 is 0 Å². The van der Waals surface area contributed by atoms with E-state index in [0.717, 1.165) is 46.9 Å². The Hall–Kier alpha value is -0.720. The number of fused-ring (bicyclic) bond motifs is 5. The molecule has 5 rings (SSSR count). The Bertz CT molecular complexity index is 846. The number of aliphatic hydroxyl groups excluding tert-OH is 1. The lowest BCUT2D eigenvalue weighted by molar-refractivity contribution is -0.113. The molecule has 0 amide bonds. The first-order valence-corrected chi connectivity index (χ1v) is 12.7. The molecule has 28 heavy (non-hydrogen) atoms. The molecule has 0 aliphatic heterocycles. The predicted molar refractivity (Wildman–Crippen MR) is 115 cm³/mol. The van der Waals surface area contributed by atoms with Crippen LogP contribution >= 0.6 is 22.7 Å². The summed E-state index contributed by atoms with van der Waals surface area (Å²) in [5, 5.41) is 31.0. The van der Waals surface area contributed by atoms with Crippen molar-refractivity contribution in [1.29, 1.82) is 0 Å². The van der Waals surface area contributed by atoms with Crippen molar-refractivity contribution in [3.63, 3.8) is 0 Å². The largest absolute Gasteiger partial charge is 0.499 e. The summed E-state index contributed by atoms with van der Waals surface area (Å²) in [4.78, 5) is 0. The van der Waals surface area contributed by atoms with Crippen LogP contribution in [0.25, 0.3) is 0 Å². The summed E-state index contributed by atoms with van der Waals surface area (Å²) < 4.78 is 0.833. The van der Waals surface area contributed by atoms with Gasteiger partial charge in [-0.05, 0) is 86.9 Å². The minimum absolute atomic E-state index is 0.0620. The van der Waals surface area contributed by atoms with E-state index in [4.69, 9.17) is 5.10 Å². The normalized spacial score (nSPS) is 47.6. The van der Waals surface area contributed by atoms with Crippen molar-refractivity contribution >= 4 is 28.4 Å². The third kappa shape index (κ3) is 2.93. The molecule has 4 saturated carbocycles. The zero-order valence-corrected chi connectivity index (χ0v) is 18.6. The second-order valence-corrected chi connectivity index (χ2v) is 12.3. The number of nitrogens with zero attached hydrogens (tertiary/aromatic N) is 2. The standard InChI is InChI=1S/C22H32N2O2S2/c1-21-9-7-14(25)11-13(21)3-4-15-16-5-6-18(22(16,2)10-8-17(15)21)23-24-20-27-12-19(26)28-20/h12-17,25-26H,3-11H2,1-2H3/b23-18+,24-20+/t13-,14-,15-,16-,17-,21-,22-/m0/s1. The van der Waals surface area contributed by atoms with Crippen molar-refractivity contribution in [3.05, 3.63) is 9.36 Å². The average molecular weight is 421 g/mol. The average Bonchev–Trinajstić information content (AvgIpc) is 3.23. The summed E-state index contributed by atoms with van der Waals surface area (Å²) in [6.45, 7) is 5.00. The van der Waals surface area contributed by atoms with Gasteiger partial charge in [-0.3, -0.25) is 0 Å². The maximum atomic E-state index is 10.2. The molecule has 1 heterocycles. The van der Waals surface area contributed by atoms with Gasteiger partial charge in [-0.25, -0.2) is 0 Å². The summed E-state index contributed by atoms with van der Waals surface area (Å²) in [6.07, 6.45) is 10.7. The first-order valence-electron chi connectivity index (χ1n) is 11.0. The van der Waals surface area contributed by atoms with E-state index >= 15 is 0 Å². The Balaban J connectivity index is 1.41. The van der Waals surface area contributed by atoms with Crippen LogP contribution in [0.4, 0.5) is 0 Å². The summed E-state index contributed by atoms with van der Waals surface area (Å²) in [5.41, 5.74) is 1.93. The molecule has 0 aromatic carbocycles. The maximum Gasteiger partial charge on any atom is 0.196 e. The fraction of sp³-hybridized carbons (Fsp3) is 0.818. The molecule has 154 valence electrons. The summed E-state index contributed by atoms with van der Waals surface area (Å²) in [5.74, 6) is 3.10. The molecule has 1 aromatic heterocycles. The summed E-state index contributed by atoms with van der Waals surface area (Å²) >= 11 is 2.78. The van der Waals surface area contributed by atoms with E-state index in [0.29, 0.717) is 10.5 Å². The fourth-order valence-electron chi connectivity index (χ4n) is 7.57. The van der Waals surface area contributed by atoms with Crippen molar-refractivity contribution in [2.75, 3.05) is 0 Å². The van der Waals surface area contributed by atoms with E-state index in [-0.39, 0.29) is 11.5 Å². The van der Waals surface area contributed by atoms with Crippen LogP contribution in [0.5, 0.6) is 5.06 Å². The number of hydrogen-bond acceptors (Lipinski definition) is 6. The minimum Gasteiger partial charge on any atom is -0.499 e. The van der Waals surface area contributed by atoms with Gasteiger partial charge in [-0.1, -0.05) is 25.2 Å². The highest BCUT2D eigenvalue weighted by atomic mass is 32.2. The van der Waals surface area contributed by atoms with Crippen molar-refractivity contribution in [1.82, 2.24) is 0 Å². The molecule has 7 atom stereocenters. The Morgan fingerprint density at radius 1 is 1.04 bits per heavy atom. The molecule has 4 nitrogen and oxygen atoms in total. The molecular weight excluding hydrogens is 388 g/mol. The zero-order chi connectivity index (χ0) is 19.5. The lowest BCUT2D eigenvalue weighted by atomic mass is 9.45. The Kier molecular flexibility index (Phi) is 4.76. The van der Waals surface area contributed by atoms with Gasteiger partial charge in [0.1, 0.15) is 0 Å². The molecule has 0 spiro atoms. The van der Waals surface area contributed by atoms with Crippen molar-refractivity contribution in [2.45, 2.75) is 77.7 Å². The van der Waals surface area contributed by atoms with E-state index in [2.05, 4.69) is 18.9 Å². The van der Waals surface area contributed by atoms with Gasteiger partial charge in [0.05, 0.1) is 6.10 Å². The molecule has 4 aliphatic rings. The van der Waals surface area contributed by atoms with E-state index in [1.165, 1.54) is 66.9 Å². The molecule has 1 aromatic rings. The molecule has 0 radical (unpaired) electrons. The topological polar surface area (TPSA) is 65.2 Å².